The Morgan fingerprint density at radius 1 is 1.20 bits per heavy atom. The second kappa shape index (κ2) is 3.67. The van der Waals surface area contributed by atoms with Crippen molar-refractivity contribution in [2.24, 2.45) is 29.6 Å². The van der Waals surface area contributed by atoms with Crippen LogP contribution >= 0.6 is 0 Å². The van der Waals surface area contributed by atoms with Gasteiger partial charge in [-0.1, -0.05) is 18.2 Å². The van der Waals surface area contributed by atoms with E-state index < -0.39 is 0 Å². The van der Waals surface area contributed by atoms with E-state index in [0.717, 1.165) is 46.0 Å². The van der Waals surface area contributed by atoms with Crippen molar-refractivity contribution in [1.29, 1.82) is 0 Å². The van der Waals surface area contributed by atoms with Crippen molar-refractivity contribution in [2.45, 2.75) is 32.3 Å². The Kier molecular flexibility index (Phi) is 2.09. The number of furan rings is 1. The lowest BCUT2D eigenvalue weighted by molar-refractivity contribution is 0.108. The molecule has 5 atom stereocenters. The van der Waals surface area contributed by atoms with Crippen LogP contribution in [0.1, 0.15) is 36.7 Å². The fourth-order valence-corrected chi connectivity index (χ4v) is 5.38. The van der Waals surface area contributed by atoms with Crippen LogP contribution in [0.4, 0.5) is 0 Å². The highest BCUT2D eigenvalue weighted by atomic mass is 16.4. The van der Waals surface area contributed by atoms with Crippen molar-refractivity contribution in [2.75, 3.05) is 0 Å². The summed E-state index contributed by atoms with van der Waals surface area (Å²) in [6.45, 7) is 2.06. The molecule has 1 N–H and O–H groups in total. The summed E-state index contributed by atoms with van der Waals surface area (Å²) in [6.07, 6.45) is 3.83. The second-order valence-corrected chi connectivity index (χ2v) is 7.15. The molecule has 2 aromatic rings. The lowest BCUT2D eigenvalue weighted by Crippen LogP contribution is -2.07. The van der Waals surface area contributed by atoms with Gasteiger partial charge in [0.1, 0.15) is 17.4 Å². The van der Waals surface area contributed by atoms with Crippen LogP contribution in [-0.4, -0.2) is 5.11 Å². The third-order valence-corrected chi connectivity index (χ3v) is 6.21. The van der Waals surface area contributed by atoms with E-state index in [1.54, 1.807) is 0 Å². The van der Waals surface area contributed by atoms with E-state index in [1.165, 1.54) is 19.3 Å². The van der Waals surface area contributed by atoms with Gasteiger partial charge in [0.2, 0.25) is 0 Å². The number of hydrogen-bond acceptors (Lipinski definition) is 2. The third kappa shape index (κ3) is 1.33. The first-order valence-electron chi connectivity index (χ1n) is 7.91. The molecule has 3 aliphatic rings. The lowest BCUT2D eigenvalue weighted by Gasteiger charge is -2.12. The molecular weight excluding hydrogens is 248 g/mol. The molecule has 0 radical (unpaired) electrons. The van der Waals surface area contributed by atoms with Gasteiger partial charge in [0, 0.05) is 5.39 Å². The summed E-state index contributed by atoms with van der Waals surface area (Å²) in [5.74, 6) is 4.64. The minimum Gasteiger partial charge on any atom is -0.458 e. The largest absolute Gasteiger partial charge is 0.458 e. The van der Waals surface area contributed by atoms with Crippen LogP contribution < -0.4 is 0 Å². The first-order chi connectivity index (χ1) is 9.74. The Labute approximate surface area is 118 Å². The quantitative estimate of drug-likeness (QED) is 0.890. The molecule has 0 spiro atoms. The van der Waals surface area contributed by atoms with Gasteiger partial charge < -0.3 is 9.52 Å². The summed E-state index contributed by atoms with van der Waals surface area (Å²) in [6, 6.07) is 8.23. The van der Waals surface area contributed by atoms with E-state index in [0.29, 0.717) is 5.92 Å². The Balaban J connectivity index is 1.49. The smallest absolute Gasteiger partial charge is 0.137 e. The lowest BCUT2D eigenvalue weighted by atomic mass is 9.98. The number of hydrogen-bond donors (Lipinski definition) is 1. The van der Waals surface area contributed by atoms with Gasteiger partial charge in [-0.15, -0.1) is 0 Å². The van der Waals surface area contributed by atoms with Crippen molar-refractivity contribution < 1.29 is 9.52 Å². The number of aliphatic hydroxyl groups is 1. The van der Waals surface area contributed by atoms with Gasteiger partial charge in [-0.3, -0.25) is 0 Å². The predicted molar refractivity (Wildman–Crippen MR) is 77.2 cm³/mol. The molecule has 20 heavy (non-hydrogen) atoms. The number of rotatable bonds is 2. The molecule has 2 heteroatoms. The molecule has 5 unspecified atom stereocenters. The van der Waals surface area contributed by atoms with Crippen LogP contribution in [0, 0.1) is 36.5 Å². The first kappa shape index (κ1) is 11.4. The van der Waals surface area contributed by atoms with Gasteiger partial charge in [0.15, 0.2) is 0 Å². The Morgan fingerprint density at radius 3 is 2.65 bits per heavy atom. The topological polar surface area (TPSA) is 33.4 Å². The number of fused-ring (bicyclic) bond motifs is 6. The Morgan fingerprint density at radius 2 is 1.95 bits per heavy atom. The van der Waals surface area contributed by atoms with E-state index in [-0.39, 0.29) is 6.10 Å². The molecule has 2 nitrogen and oxygen atoms in total. The Bertz CT molecular complexity index is 670. The van der Waals surface area contributed by atoms with E-state index in [4.69, 9.17) is 4.42 Å². The number of benzene rings is 1. The van der Waals surface area contributed by atoms with Crippen LogP contribution in [-0.2, 0) is 0 Å². The zero-order valence-electron chi connectivity index (χ0n) is 11.8. The molecule has 0 saturated heterocycles. The monoisotopic (exact) mass is 268 g/mol. The van der Waals surface area contributed by atoms with Crippen molar-refractivity contribution in [3.05, 3.63) is 35.6 Å². The molecule has 0 aliphatic heterocycles. The van der Waals surface area contributed by atoms with Crippen molar-refractivity contribution in [1.82, 2.24) is 0 Å². The summed E-state index contributed by atoms with van der Waals surface area (Å²) in [7, 11) is 0. The fraction of sp³-hybridized carbons (Fsp3) is 0.556. The van der Waals surface area contributed by atoms with Gasteiger partial charge in [-0.2, -0.15) is 0 Å². The zero-order valence-corrected chi connectivity index (χ0v) is 11.8. The van der Waals surface area contributed by atoms with Gasteiger partial charge in [0.25, 0.3) is 0 Å². The summed E-state index contributed by atoms with van der Waals surface area (Å²) in [4.78, 5) is 0. The highest BCUT2D eigenvalue weighted by molar-refractivity contribution is 5.81. The van der Waals surface area contributed by atoms with Crippen LogP contribution in [0.3, 0.4) is 0 Å². The number of aliphatic hydroxyl groups excluding tert-OH is 1. The molecule has 1 heterocycles. The minimum absolute atomic E-state index is 0.389. The van der Waals surface area contributed by atoms with Crippen molar-refractivity contribution >= 4 is 11.0 Å². The maximum atomic E-state index is 10.7. The molecular formula is C18H20O2. The number of aryl methyl sites for hydroxylation is 1. The maximum Gasteiger partial charge on any atom is 0.137 e. The molecule has 1 aromatic carbocycles. The summed E-state index contributed by atoms with van der Waals surface area (Å²) < 4.78 is 5.97. The normalized spacial score (nSPS) is 39.2. The average molecular weight is 268 g/mol. The van der Waals surface area contributed by atoms with Crippen LogP contribution in [0.25, 0.3) is 11.0 Å². The molecule has 0 amide bonds. The predicted octanol–water partition coefficient (Wildman–Crippen LogP) is 4.07. The standard InChI is InChI=1S/C18H20O2/c1-9-3-2-4-12-8-13(20-18(9)12)17(19)16-14-10-5-6-11(7-10)15(14)16/h2-4,8,10-11,14-17,19H,5-7H2,1H3. The fourth-order valence-electron chi connectivity index (χ4n) is 5.38. The highest BCUT2D eigenvalue weighted by Gasteiger charge is 2.67. The van der Waals surface area contributed by atoms with Gasteiger partial charge in [-0.25, -0.2) is 0 Å². The van der Waals surface area contributed by atoms with E-state index in [9.17, 15) is 5.11 Å². The second-order valence-electron chi connectivity index (χ2n) is 7.15. The maximum absolute atomic E-state index is 10.7. The van der Waals surface area contributed by atoms with E-state index in [2.05, 4.69) is 25.1 Å². The van der Waals surface area contributed by atoms with E-state index >= 15 is 0 Å². The van der Waals surface area contributed by atoms with Gasteiger partial charge in [-0.05, 0) is 67.4 Å². The molecule has 1 aromatic heterocycles. The first-order valence-corrected chi connectivity index (χ1v) is 7.91. The van der Waals surface area contributed by atoms with Crippen molar-refractivity contribution in [3.63, 3.8) is 0 Å². The van der Waals surface area contributed by atoms with Crippen LogP contribution in [0.5, 0.6) is 0 Å². The molecule has 3 saturated carbocycles. The molecule has 2 bridgehead atoms. The minimum atomic E-state index is -0.389. The summed E-state index contributed by atoms with van der Waals surface area (Å²) in [5.41, 5.74) is 2.09. The third-order valence-electron chi connectivity index (χ3n) is 6.21. The van der Waals surface area contributed by atoms with E-state index in [1.807, 2.05) is 6.07 Å². The average Bonchev–Trinajstić information content (AvgIpc) is 2.84. The van der Waals surface area contributed by atoms with Gasteiger partial charge in [0.05, 0.1) is 0 Å². The SMILES string of the molecule is Cc1cccc2cc(C(O)C3C4C5CCC(C5)C43)oc12. The van der Waals surface area contributed by atoms with Crippen molar-refractivity contribution in [3.8, 4) is 0 Å². The molecule has 3 aliphatic carbocycles. The Hall–Kier alpha value is -1.28. The highest BCUT2D eigenvalue weighted by Crippen LogP contribution is 2.72. The molecule has 5 rings (SSSR count). The van der Waals surface area contributed by atoms with Crippen LogP contribution in [0.15, 0.2) is 28.7 Å². The molecule has 104 valence electrons. The molecule has 3 fully saturated rings. The van der Waals surface area contributed by atoms with Crippen LogP contribution in [0.2, 0.25) is 0 Å². The van der Waals surface area contributed by atoms with Gasteiger partial charge >= 0.3 is 0 Å². The summed E-state index contributed by atoms with van der Waals surface area (Å²) in [5, 5.41) is 11.8. The number of para-hydroxylation sites is 1. The summed E-state index contributed by atoms with van der Waals surface area (Å²) >= 11 is 0. The zero-order chi connectivity index (χ0) is 13.4.